The van der Waals surface area contributed by atoms with E-state index in [1.165, 1.54) is 10.5 Å². The summed E-state index contributed by atoms with van der Waals surface area (Å²) in [6, 6.07) is 5.93. The molecule has 18 heavy (non-hydrogen) atoms. The lowest BCUT2D eigenvalue weighted by Crippen LogP contribution is -3.06. The Morgan fingerprint density at radius 2 is 2.06 bits per heavy atom. The number of benzene rings is 1. The number of aryl methyl sites for hydroxylation is 2. The third-order valence-electron chi connectivity index (χ3n) is 2.64. The number of nitrogens with one attached hydrogen (secondary N) is 2. The molecular weight excluding hydrogens is 228 g/mol. The topological polar surface area (TPSA) is 42.8 Å². The second-order valence-corrected chi connectivity index (χ2v) is 4.86. The minimum absolute atomic E-state index is 0.0729. The van der Waals surface area contributed by atoms with Crippen molar-refractivity contribution in [1.82, 2.24) is 5.32 Å². The molecule has 100 valence electrons. The minimum Gasteiger partial charge on any atom is -0.484 e. The first kappa shape index (κ1) is 14.5. The zero-order valence-corrected chi connectivity index (χ0v) is 11.7. The summed E-state index contributed by atoms with van der Waals surface area (Å²) in [4.78, 5) is 12.8. The van der Waals surface area contributed by atoms with Crippen LogP contribution >= 0.6 is 0 Å². The summed E-state index contributed by atoms with van der Waals surface area (Å²) in [7, 11) is 4.11. The largest absolute Gasteiger partial charge is 0.484 e. The number of ether oxygens (including phenoxy) is 1. The average molecular weight is 251 g/mol. The Morgan fingerprint density at radius 1 is 1.33 bits per heavy atom. The number of hydrogen-bond acceptors (Lipinski definition) is 2. The van der Waals surface area contributed by atoms with E-state index in [0.717, 1.165) is 17.9 Å². The maximum Gasteiger partial charge on any atom is 0.258 e. The van der Waals surface area contributed by atoms with Crippen LogP contribution < -0.4 is 15.0 Å². The van der Waals surface area contributed by atoms with Crippen molar-refractivity contribution in [2.45, 2.75) is 13.8 Å². The molecule has 4 nitrogen and oxygen atoms in total. The van der Waals surface area contributed by atoms with Crippen LogP contribution in [0.3, 0.4) is 0 Å². The summed E-state index contributed by atoms with van der Waals surface area (Å²) in [6.07, 6.45) is 0. The Morgan fingerprint density at radius 3 is 2.67 bits per heavy atom. The van der Waals surface area contributed by atoms with Gasteiger partial charge in [0.2, 0.25) is 0 Å². The van der Waals surface area contributed by atoms with Crippen molar-refractivity contribution in [1.29, 1.82) is 0 Å². The van der Waals surface area contributed by atoms with Crippen molar-refractivity contribution in [3.05, 3.63) is 29.3 Å². The van der Waals surface area contributed by atoms with Gasteiger partial charge in [0, 0.05) is 0 Å². The van der Waals surface area contributed by atoms with Crippen molar-refractivity contribution < 1.29 is 14.4 Å². The third-order valence-corrected chi connectivity index (χ3v) is 2.64. The van der Waals surface area contributed by atoms with E-state index in [9.17, 15) is 4.79 Å². The Hall–Kier alpha value is -1.55. The van der Waals surface area contributed by atoms with Crippen LogP contribution in [0.4, 0.5) is 0 Å². The van der Waals surface area contributed by atoms with Gasteiger partial charge in [0.1, 0.15) is 5.75 Å². The van der Waals surface area contributed by atoms with Gasteiger partial charge >= 0.3 is 0 Å². The number of carbonyl (C=O) groups excluding carboxylic acids is 1. The molecule has 4 heteroatoms. The maximum atomic E-state index is 11.5. The van der Waals surface area contributed by atoms with E-state index in [1.807, 2.05) is 32.0 Å². The molecule has 0 aliphatic heterocycles. The first-order chi connectivity index (χ1) is 8.49. The van der Waals surface area contributed by atoms with Gasteiger partial charge in [-0.2, -0.15) is 0 Å². The first-order valence-electron chi connectivity index (χ1n) is 6.25. The minimum atomic E-state index is -0.0729. The standard InChI is InChI=1S/C14H22N2O2/c1-11-5-6-13(12(2)9-11)18-10-14(17)15-7-8-16(3)4/h5-6,9H,7-8,10H2,1-4H3,(H,15,17)/p+1. The quantitative estimate of drug-likeness (QED) is 0.744. The molecule has 0 aliphatic carbocycles. The van der Waals surface area contributed by atoms with Gasteiger partial charge in [-0.3, -0.25) is 4.79 Å². The number of carbonyl (C=O) groups is 1. The molecule has 0 saturated carbocycles. The highest BCUT2D eigenvalue weighted by molar-refractivity contribution is 5.77. The third kappa shape index (κ3) is 5.19. The number of amides is 1. The van der Waals surface area contributed by atoms with Gasteiger partial charge in [0.15, 0.2) is 6.61 Å². The maximum absolute atomic E-state index is 11.5. The predicted molar refractivity (Wildman–Crippen MR) is 72.1 cm³/mol. The van der Waals surface area contributed by atoms with Crippen LogP contribution in [0.1, 0.15) is 11.1 Å². The number of rotatable bonds is 6. The molecular formula is C14H23N2O2+. The van der Waals surface area contributed by atoms with E-state index >= 15 is 0 Å². The molecule has 1 rings (SSSR count). The summed E-state index contributed by atoms with van der Waals surface area (Å²) in [5.41, 5.74) is 2.25. The highest BCUT2D eigenvalue weighted by atomic mass is 16.5. The normalized spacial score (nSPS) is 10.5. The van der Waals surface area contributed by atoms with Crippen LogP contribution in [0, 0.1) is 13.8 Å². The Balaban J connectivity index is 2.33. The average Bonchev–Trinajstić information content (AvgIpc) is 2.27. The Bertz CT molecular complexity index is 403. The smallest absolute Gasteiger partial charge is 0.258 e. The zero-order valence-electron chi connectivity index (χ0n) is 11.7. The van der Waals surface area contributed by atoms with Gasteiger partial charge in [0.05, 0.1) is 27.2 Å². The van der Waals surface area contributed by atoms with E-state index in [1.54, 1.807) is 0 Å². The van der Waals surface area contributed by atoms with Crippen molar-refractivity contribution in [3.63, 3.8) is 0 Å². The molecule has 1 amide bonds. The molecule has 1 aromatic carbocycles. The monoisotopic (exact) mass is 251 g/mol. The zero-order chi connectivity index (χ0) is 13.5. The number of quaternary nitrogens is 1. The molecule has 0 saturated heterocycles. The van der Waals surface area contributed by atoms with Gasteiger partial charge in [0.25, 0.3) is 5.91 Å². The molecule has 0 aliphatic rings. The van der Waals surface area contributed by atoms with Crippen molar-refractivity contribution in [2.75, 3.05) is 33.8 Å². The lowest BCUT2D eigenvalue weighted by molar-refractivity contribution is -0.856. The molecule has 0 atom stereocenters. The van der Waals surface area contributed by atoms with E-state index in [-0.39, 0.29) is 12.5 Å². The molecule has 0 aromatic heterocycles. The molecule has 0 spiro atoms. The second kappa shape index (κ2) is 7.01. The fourth-order valence-corrected chi connectivity index (χ4v) is 1.61. The van der Waals surface area contributed by atoms with Crippen molar-refractivity contribution >= 4 is 5.91 Å². The van der Waals surface area contributed by atoms with Crippen LogP contribution in [-0.2, 0) is 4.79 Å². The summed E-state index contributed by atoms with van der Waals surface area (Å²) in [5.74, 6) is 0.699. The van der Waals surface area contributed by atoms with Crippen LogP contribution in [0.15, 0.2) is 18.2 Å². The molecule has 0 radical (unpaired) electrons. The predicted octanol–water partition coefficient (Wildman–Crippen LogP) is -0.0571. The van der Waals surface area contributed by atoms with E-state index in [4.69, 9.17) is 4.74 Å². The summed E-state index contributed by atoms with van der Waals surface area (Å²) in [5, 5.41) is 2.83. The van der Waals surface area contributed by atoms with Gasteiger partial charge in [-0.15, -0.1) is 0 Å². The van der Waals surface area contributed by atoms with E-state index in [0.29, 0.717) is 6.54 Å². The Kier molecular flexibility index (Phi) is 5.65. The summed E-state index contributed by atoms with van der Waals surface area (Å²) >= 11 is 0. The molecule has 1 aromatic rings. The molecule has 0 unspecified atom stereocenters. The SMILES string of the molecule is Cc1ccc(OCC(=O)NCC[NH+](C)C)c(C)c1. The van der Waals surface area contributed by atoms with Crippen LogP contribution in [0.5, 0.6) is 5.75 Å². The van der Waals surface area contributed by atoms with Gasteiger partial charge in [-0.05, 0) is 25.5 Å². The highest BCUT2D eigenvalue weighted by Crippen LogP contribution is 2.18. The molecule has 0 bridgehead atoms. The van der Waals surface area contributed by atoms with Crippen LogP contribution in [-0.4, -0.2) is 39.7 Å². The molecule has 2 N–H and O–H groups in total. The number of hydrogen-bond donors (Lipinski definition) is 2. The lowest BCUT2D eigenvalue weighted by Gasteiger charge is -2.11. The van der Waals surface area contributed by atoms with E-state index in [2.05, 4.69) is 19.4 Å². The fourth-order valence-electron chi connectivity index (χ4n) is 1.61. The second-order valence-electron chi connectivity index (χ2n) is 4.86. The summed E-state index contributed by atoms with van der Waals surface area (Å²) < 4.78 is 5.49. The van der Waals surface area contributed by atoms with Crippen LogP contribution in [0.25, 0.3) is 0 Å². The highest BCUT2D eigenvalue weighted by Gasteiger charge is 2.05. The van der Waals surface area contributed by atoms with Gasteiger partial charge < -0.3 is 15.0 Å². The Labute approximate surface area is 109 Å². The van der Waals surface area contributed by atoms with E-state index < -0.39 is 0 Å². The van der Waals surface area contributed by atoms with Crippen molar-refractivity contribution in [2.24, 2.45) is 0 Å². The number of likely N-dealkylation sites (N-methyl/N-ethyl adjacent to an activating group) is 1. The fraction of sp³-hybridized carbons (Fsp3) is 0.500. The van der Waals surface area contributed by atoms with Crippen LogP contribution in [0.2, 0.25) is 0 Å². The van der Waals surface area contributed by atoms with Crippen molar-refractivity contribution in [3.8, 4) is 5.75 Å². The molecule has 0 heterocycles. The first-order valence-corrected chi connectivity index (χ1v) is 6.25. The summed E-state index contributed by atoms with van der Waals surface area (Å²) in [6.45, 7) is 5.68. The molecule has 0 fully saturated rings. The lowest BCUT2D eigenvalue weighted by atomic mass is 10.1. The van der Waals surface area contributed by atoms with Gasteiger partial charge in [-0.1, -0.05) is 17.7 Å². The van der Waals surface area contributed by atoms with Gasteiger partial charge in [-0.25, -0.2) is 0 Å².